The van der Waals surface area contributed by atoms with Crippen molar-refractivity contribution in [1.29, 1.82) is 0 Å². The summed E-state index contributed by atoms with van der Waals surface area (Å²) in [6.07, 6.45) is 1.65. The van der Waals surface area contributed by atoms with Crippen molar-refractivity contribution in [2.45, 2.75) is 5.33 Å². The van der Waals surface area contributed by atoms with Gasteiger partial charge in [-0.15, -0.1) is 0 Å². The molecule has 1 aromatic heterocycles. The quantitative estimate of drug-likeness (QED) is 0.687. The Hall–Kier alpha value is 0.240. The van der Waals surface area contributed by atoms with Gasteiger partial charge in [-0.1, -0.05) is 15.9 Å². The van der Waals surface area contributed by atoms with Crippen molar-refractivity contribution >= 4 is 31.9 Å². The van der Waals surface area contributed by atoms with Gasteiger partial charge in [0.15, 0.2) is 0 Å². The summed E-state index contributed by atoms with van der Waals surface area (Å²) in [5.74, 6) is 0.935. The van der Waals surface area contributed by atoms with Gasteiger partial charge in [0, 0.05) is 0 Å². The second-order valence-electron chi connectivity index (χ2n) is 1.33. The van der Waals surface area contributed by atoms with Crippen molar-refractivity contribution < 1.29 is 4.42 Å². The molecule has 1 nitrogen and oxygen atoms in total. The molecule has 0 fully saturated rings. The summed E-state index contributed by atoms with van der Waals surface area (Å²) in [6, 6.07) is 1.87. The van der Waals surface area contributed by atoms with E-state index in [0.717, 1.165) is 15.6 Å². The number of halogens is 2. The van der Waals surface area contributed by atoms with Crippen LogP contribution in [0.5, 0.6) is 0 Å². The standard InChI is InChI=1S/C5H4Br2O/c6-3-5-4(7)1-2-8-5/h1-2H,3H2. The summed E-state index contributed by atoms with van der Waals surface area (Å²) in [5, 5.41) is 0.764. The second-order valence-corrected chi connectivity index (χ2v) is 2.74. The third-order valence-corrected chi connectivity index (χ3v) is 2.03. The van der Waals surface area contributed by atoms with Crippen LogP contribution in [0.4, 0.5) is 0 Å². The van der Waals surface area contributed by atoms with Gasteiger partial charge in [-0.2, -0.15) is 0 Å². The zero-order chi connectivity index (χ0) is 5.98. The molecule has 0 saturated carbocycles. The van der Waals surface area contributed by atoms with Crippen LogP contribution in [0.2, 0.25) is 0 Å². The average molecular weight is 240 g/mol. The summed E-state index contributed by atoms with van der Waals surface area (Å²) in [4.78, 5) is 0. The third-order valence-electron chi connectivity index (χ3n) is 0.812. The zero-order valence-corrected chi connectivity index (χ0v) is 7.20. The fourth-order valence-corrected chi connectivity index (χ4v) is 1.57. The van der Waals surface area contributed by atoms with Gasteiger partial charge in [0.25, 0.3) is 0 Å². The molecule has 0 unspecified atom stereocenters. The first-order chi connectivity index (χ1) is 3.84. The van der Waals surface area contributed by atoms with E-state index >= 15 is 0 Å². The van der Waals surface area contributed by atoms with Gasteiger partial charge in [0.1, 0.15) is 5.76 Å². The van der Waals surface area contributed by atoms with Crippen molar-refractivity contribution in [3.8, 4) is 0 Å². The van der Waals surface area contributed by atoms with Crippen LogP contribution in [0.3, 0.4) is 0 Å². The lowest BCUT2D eigenvalue weighted by Crippen LogP contribution is -1.67. The number of rotatable bonds is 1. The maximum Gasteiger partial charge on any atom is 0.128 e. The van der Waals surface area contributed by atoms with E-state index in [0.29, 0.717) is 0 Å². The molecule has 0 N–H and O–H groups in total. The molecule has 0 saturated heterocycles. The Balaban J connectivity index is 2.92. The SMILES string of the molecule is BrCc1occc1Br. The highest BCUT2D eigenvalue weighted by atomic mass is 79.9. The van der Waals surface area contributed by atoms with Crippen molar-refractivity contribution in [2.24, 2.45) is 0 Å². The van der Waals surface area contributed by atoms with Crippen molar-refractivity contribution in [3.05, 3.63) is 22.6 Å². The second kappa shape index (κ2) is 2.69. The summed E-state index contributed by atoms with van der Waals surface area (Å²) in [5.41, 5.74) is 0. The molecule has 0 aliphatic carbocycles. The van der Waals surface area contributed by atoms with E-state index in [9.17, 15) is 0 Å². The molecule has 0 spiro atoms. The summed E-state index contributed by atoms with van der Waals surface area (Å²) < 4.78 is 6.04. The van der Waals surface area contributed by atoms with Gasteiger partial charge < -0.3 is 4.42 Å². The smallest absolute Gasteiger partial charge is 0.128 e. The van der Waals surface area contributed by atoms with Gasteiger partial charge in [-0.3, -0.25) is 0 Å². The van der Waals surface area contributed by atoms with Gasteiger partial charge in [-0.25, -0.2) is 0 Å². The molecule has 0 amide bonds. The van der Waals surface area contributed by atoms with Crippen molar-refractivity contribution in [3.63, 3.8) is 0 Å². The molecule has 0 aliphatic rings. The lowest BCUT2D eigenvalue weighted by Gasteiger charge is -1.83. The maximum absolute atomic E-state index is 5.02. The van der Waals surface area contributed by atoms with Crippen LogP contribution in [-0.2, 0) is 5.33 Å². The number of hydrogen-bond acceptors (Lipinski definition) is 1. The lowest BCUT2D eigenvalue weighted by molar-refractivity contribution is 0.529. The molecule has 1 rings (SSSR count). The van der Waals surface area contributed by atoms with Crippen LogP contribution < -0.4 is 0 Å². The van der Waals surface area contributed by atoms with Gasteiger partial charge in [0.05, 0.1) is 16.1 Å². The van der Waals surface area contributed by atoms with E-state index in [1.807, 2.05) is 6.07 Å². The summed E-state index contributed by atoms with van der Waals surface area (Å²) in [6.45, 7) is 0. The van der Waals surface area contributed by atoms with E-state index in [-0.39, 0.29) is 0 Å². The van der Waals surface area contributed by atoms with Crippen LogP contribution in [0, 0.1) is 0 Å². The van der Waals surface area contributed by atoms with Crippen LogP contribution in [-0.4, -0.2) is 0 Å². The molecule has 0 radical (unpaired) electrons. The first-order valence-corrected chi connectivity index (χ1v) is 4.04. The topological polar surface area (TPSA) is 13.1 Å². The minimum absolute atomic E-state index is 0.764. The predicted octanol–water partition coefficient (Wildman–Crippen LogP) is 2.94. The van der Waals surface area contributed by atoms with Crippen LogP contribution in [0.1, 0.15) is 5.76 Å². The summed E-state index contributed by atoms with van der Waals surface area (Å²) in [7, 11) is 0. The Morgan fingerprint density at radius 2 is 2.38 bits per heavy atom. The molecule has 8 heavy (non-hydrogen) atoms. The van der Waals surface area contributed by atoms with Gasteiger partial charge >= 0.3 is 0 Å². The van der Waals surface area contributed by atoms with E-state index in [2.05, 4.69) is 31.9 Å². The van der Waals surface area contributed by atoms with E-state index in [4.69, 9.17) is 4.42 Å². The van der Waals surface area contributed by atoms with Gasteiger partial charge in [-0.05, 0) is 22.0 Å². The maximum atomic E-state index is 5.02. The van der Waals surface area contributed by atoms with Gasteiger partial charge in [0.2, 0.25) is 0 Å². The average Bonchev–Trinajstić information content (AvgIpc) is 2.14. The summed E-state index contributed by atoms with van der Waals surface area (Å²) >= 11 is 6.57. The molecule has 3 heteroatoms. The van der Waals surface area contributed by atoms with Crippen LogP contribution >= 0.6 is 31.9 Å². The molecule has 0 aromatic carbocycles. The molecule has 0 bridgehead atoms. The Morgan fingerprint density at radius 3 is 2.62 bits per heavy atom. The molecule has 1 aromatic rings. The fourth-order valence-electron chi connectivity index (χ4n) is 0.420. The van der Waals surface area contributed by atoms with E-state index < -0.39 is 0 Å². The minimum atomic E-state index is 0.764. The Morgan fingerprint density at radius 1 is 1.62 bits per heavy atom. The molecule has 0 aliphatic heterocycles. The highest BCUT2D eigenvalue weighted by Crippen LogP contribution is 2.19. The number of alkyl halides is 1. The molecular formula is C5H4Br2O. The minimum Gasteiger partial charge on any atom is -0.467 e. The van der Waals surface area contributed by atoms with E-state index in [1.165, 1.54) is 0 Å². The number of furan rings is 1. The Kier molecular flexibility index (Phi) is 2.14. The predicted molar refractivity (Wildman–Crippen MR) is 39.0 cm³/mol. The Labute approximate surface area is 64.3 Å². The molecule has 1 heterocycles. The van der Waals surface area contributed by atoms with E-state index in [1.54, 1.807) is 6.26 Å². The fraction of sp³-hybridized carbons (Fsp3) is 0.200. The van der Waals surface area contributed by atoms with Crippen molar-refractivity contribution in [1.82, 2.24) is 0 Å². The van der Waals surface area contributed by atoms with Crippen LogP contribution in [0.15, 0.2) is 21.2 Å². The Bertz CT molecular complexity index is 171. The lowest BCUT2D eigenvalue weighted by atomic mass is 10.5. The first-order valence-electron chi connectivity index (χ1n) is 2.12. The third kappa shape index (κ3) is 1.14. The van der Waals surface area contributed by atoms with Crippen molar-refractivity contribution in [2.75, 3.05) is 0 Å². The van der Waals surface area contributed by atoms with Crippen LogP contribution in [0.25, 0.3) is 0 Å². The molecular weight excluding hydrogens is 236 g/mol. The largest absolute Gasteiger partial charge is 0.467 e. The first kappa shape index (κ1) is 6.36. The monoisotopic (exact) mass is 238 g/mol. The molecule has 0 atom stereocenters. The normalized spacial score (nSPS) is 9.75. The zero-order valence-electron chi connectivity index (χ0n) is 4.03. The highest BCUT2D eigenvalue weighted by molar-refractivity contribution is 9.10. The molecule has 44 valence electrons. The highest BCUT2D eigenvalue weighted by Gasteiger charge is 1.97. The number of hydrogen-bond donors (Lipinski definition) is 0.